The zero-order valence-electron chi connectivity index (χ0n) is 13.5. The largest absolute Gasteiger partial charge is 0.406 e. The van der Waals surface area contributed by atoms with E-state index in [0.717, 1.165) is 10.5 Å². The van der Waals surface area contributed by atoms with Gasteiger partial charge in [-0.15, -0.1) is 0 Å². The molecule has 3 atom stereocenters. The number of hydrogen-bond donors (Lipinski definition) is 0. The number of amides is 1. The molecule has 3 unspecified atom stereocenters. The van der Waals surface area contributed by atoms with E-state index in [2.05, 4.69) is 0 Å². The van der Waals surface area contributed by atoms with E-state index in [1.54, 1.807) is 0 Å². The molecule has 0 aliphatic carbocycles. The van der Waals surface area contributed by atoms with Gasteiger partial charge in [-0.05, 0) is 18.9 Å². The van der Waals surface area contributed by atoms with Gasteiger partial charge in [0.1, 0.15) is 6.54 Å². The van der Waals surface area contributed by atoms with Crippen LogP contribution in [0.4, 0.5) is 13.2 Å². The SMILES string of the molecule is CC1COC(c2ccccc2)CN1C1CCN(CC(F)(F)F)C1=O. The number of carbonyl (C=O) groups is 1. The van der Waals surface area contributed by atoms with E-state index < -0.39 is 24.7 Å². The van der Waals surface area contributed by atoms with Gasteiger partial charge in [0.15, 0.2) is 0 Å². The van der Waals surface area contributed by atoms with Crippen LogP contribution in [0.25, 0.3) is 0 Å². The number of rotatable bonds is 3. The fourth-order valence-electron chi connectivity index (χ4n) is 3.48. The number of likely N-dealkylation sites (tertiary alicyclic amines) is 1. The van der Waals surface area contributed by atoms with Crippen molar-refractivity contribution in [2.24, 2.45) is 0 Å². The van der Waals surface area contributed by atoms with E-state index in [1.807, 2.05) is 42.2 Å². The summed E-state index contributed by atoms with van der Waals surface area (Å²) in [5.74, 6) is -0.423. The van der Waals surface area contributed by atoms with Crippen LogP contribution in [-0.4, -0.2) is 60.2 Å². The van der Waals surface area contributed by atoms with E-state index >= 15 is 0 Å². The summed E-state index contributed by atoms with van der Waals surface area (Å²) in [6, 6.07) is 9.21. The van der Waals surface area contributed by atoms with Gasteiger partial charge in [-0.3, -0.25) is 9.69 Å². The van der Waals surface area contributed by atoms with Crippen molar-refractivity contribution in [1.82, 2.24) is 9.80 Å². The highest BCUT2D eigenvalue weighted by molar-refractivity contribution is 5.84. The molecule has 4 nitrogen and oxygen atoms in total. The number of halogens is 3. The van der Waals surface area contributed by atoms with Crippen LogP contribution in [0.2, 0.25) is 0 Å². The van der Waals surface area contributed by atoms with Crippen LogP contribution in [0, 0.1) is 0 Å². The van der Waals surface area contributed by atoms with Crippen molar-refractivity contribution in [3.05, 3.63) is 35.9 Å². The standard InChI is InChI=1S/C17H21F3N2O2/c1-12-10-24-15(13-5-3-2-4-6-13)9-22(12)14-7-8-21(16(14)23)11-17(18,19)20/h2-6,12,14-15H,7-11H2,1H3. The van der Waals surface area contributed by atoms with E-state index in [-0.39, 0.29) is 18.7 Å². The van der Waals surface area contributed by atoms with Gasteiger partial charge in [0.05, 0.1) is 18.8 Å². The normalized spacial score (nSPS) is 29.2. The van der Waals surface area contributed by atoms with Crippen LogP contribution >= 0.6 is 0 Å². The minimum absolute atomic E-state index is 0.00440. The number of hydrogen-bond acceptors (Lipinski definition) is 3. The molecule has 24 heavy (non-hydrogen) atoms. The summed E-state index contributed by atoms with van der Waals surface area (Å²) in [5, 5.41) is 0. The van der Waals surface area contributed by atoms with Gasteiger partial charge >= 0.3 is 6.18 Å². The summed E-state index contributed by atoms with van der Waals surface area (Å²) in [4.78, 5) is 15.3. The molecule has 1 amide bonds. The molecule has 1 aromatic carbocycles. The quantitative estimate of drug-likeness (QED) is 0.847. The fraction of sp³-hybridized carbons (Fsp3) is 0.588. The second-order valence-electron chi connectivity index (χ2n) is 6.46. The molecule has 2 aliphatic heterocycles. The topological polar surface area (TPSA) is 32.8 Å². The van der Waals surface area contributed by atoms with E-state index in [0.29, 0.717) is 19.6 Å². The van der Waals surface area contributed by atoms with Gasteiger partial charge in [0.2, 0.25) is 5.91 Å². The molecule has 1 aromatic rings. The Morgan fingerprint density at radius 1 is 1.25 bits per heavy atom. The second kappa shape index (κ2) is 6.72. The Balaban J connectivity index is 1.70. The molecule has 0 saturated carbocycles. The third kappa shape index (κ3) is 3.72. The minimum atomic E-state index is -4.35. The number of nitrogens with zero attached hydrogens (tertiary/aromatic N) is 2. The summed E-state index contributed by atoms with van der Waals surface area (Å²) < 4.78 is 43.6. The van der Waals surface area contributed by atoms with Crippen LogP contribution in [0.1, 0.15) is 25.0 Å². The van der Waals surface area contributed by atoms with Gasteiger partial charge in [-0.25, -0.2) is 0 Å². The first-order chi connectivity index (χ1) is 11.3. The van der Waals surface area contributed by atoms with Crippen LogP contribution < -0.4 is 0 Å². The maximum atomic E-state index is 12.6. The molecule has 7 heteroatoms. The first kappa shape index (κ1) is 17.2. The van der Waals surface area contributed by atoms with Crippen molar-refractivity contribution in [1.29, 1.82) is 0 Å². The first-order valence-corrected chi connectivity index (χ1v) is 8.13. The van der Waals surface area contributed by atoms with E-state index in [9.17, 15) is 18.0 Å². The van der Waals surface area contributed by atoms with Gasteiger partial charge in [-0.2, -0.15) is 13.2 Å². The lowest BCUT2D eigenvalue weighted by Gasteiger charge is -2.41. The summed E-state index contributed by atoms with van der Waals surface area (Å²) >= 11 is 0. The van der Waals surface area contributed by atoms with Crippen molar-refractivity contribution in [3.8, 4) is 0 Å². The van der Waals surface area contributed by atoms with E-state index in [1.165, 1.54) is 0 Å². The van der Waals surface area contributed by atoms with Crippen molar-refractivity contribution in [2.45, 2.75) is 37.7 Å². The molecule has 0 radical (unpaired) electrons. The van der Waals surface area contributed by atoms with Gasteiger partial charge in [0, 0.05) is 19.1 Å². The van der Waals surface area contributed by atoms with Crippen LogP contribution in [-0.2, 0) is 9.53 Å². The van der Waals surface area contributed by atoms with Crippen LogP contribution in [0.3, 0.4) is 0 Å². The Morgan fingerprint density at radius 2 is 1.96 bits per heavy atom. The molecular weight excluding hydrogens is 321 g/mol. The smallest absolute Gasteiger partial charge is 0.371 e. The summed E-state index contributed by atoms with van der Waals surface area (Å²) in [6.07, 6.45) is -4.08. The molecule has 2 saturated heterocycles. The summed E-state index contributed by atoms with van der Waals surface area (Å²) in [7, 11) is 0. The number of ether oxygens (including phenoxy) is 1. The predicted octanol–water partition coefficient (Wildman–Crippen LogP) is 2.61. The highest BCUT2D eigenvalue weighted by Crippen LogP contribution is 2.30. The third-order valence-electron chi connectivity index (χ3n) is 4.69. The highest BCUT2D eigenvalue weighted by atomic mass is 19.4. The number of morpholine rings is 1. The molecule has 0 spiro atoms. The molecule has 2 heterocycles. The summed E-state index contributed by atoms with van der Waals surface area (Å²) in [5.41, 5.74) is 1.02. The average molecular weight is 342 g/mol. The number of benzene rings is 1. The Kier molecular flexibility index (Phi) is 4.83. The van der Waals surface area contributed by atoms with Crippen molar-refractivity contribution < 1.29 is 22.7 Å². The number of alkyl halides is 3. The lowest BCUT2D eigenvalue weighted by atomic mass is 10.0. The molecule has 2 fully saturated rings. The van der Waals surface area contributed by atoms with Gasteiger partial charge in [0.25, 0.3) is 0 Å². The molecule has 0 bridgehead atoms. The Labute approximate surface area is 139 Å². The molecular formula is C17H21F3N2O2. The second-order valence-corrected chi connectivity index (χ2v) is 6.46. The predicted molar refractivity (Wildman–Crippen MR) is 82.3 cm³/mol. The fourth-order valence-corrected chi connectivity index (χ4v) is 3.48. The zero-order valence-corrected chi connectivity index (χ0v) is 13.5. The maximum Gasteiger partial charge on any atom is 0.406 e. The van der Waals surface area contributed by atoms with E-state index in [4.69, 9.17) is 4.74 Å². The lowest BCUT2D eigenvalue weighted by molar-refractivity contribution is -0.161. The first-order valence-electron chi connectivity index (χ1n) is 8.13. The Morgan fingerprint density at radius 3 is 2.62 bits per heavy atom. The van der Waals surface area contributed by atoms with Crippen LogP contribution in [0.15, 0.2) is 30.3 Å². The van der Waals surface area contributed by atoms with Gasteiger partial charge in [-0.1, -0.05) is 30.3 Å². The average Bonchev–Trinajstić information content (AvgIpc) is 2.88. The molecule has 3 rings (SSSR count). The Bertz CT molecular complexity index is 579. The lowest BCUT2D eigenvalue weighted by Crippen LogP contribution is -2.53. The molecule has 2 aliphatic rings. The molecule has 132 valence electrons. The zero-order chi connectivity index (χ0) is 17.3. The summed E-state index contributed by atoms with van der Waals surface area (Å²) in [6.45, 7) is 1.91. The highest BCUT2D eigenvalue weighted by Gasteiger charge is 2.44. The monoisotopic (exact) mass is 342 g/mol. The van der Waals surface area contributed by atoms with Crippen molar-refractivity contribution in [3.63, 3.8) is 0 Å². The number of carbonyl (C=O) groups excluding carboxylic acids is 1. The molecule has 0 N–H and O–H groups in total. The minimum Gasteiger partial charge on any atom is -0.371 e. The third-order valence-corrected chi connectivity index (χ3v) is 4.69. The van der Waals surface area contributed by atoms with Gasteiger partial charge < -0.3 is 9.64 Å². The Hall–Kier alpha value is -1.60. The maximum absolute atomic E-state index is 12.6. The van der Waals surface area contributed by atoms with Crippen molar-refractivity contribution >= 4 is 5.91 Å². The van der Waals surface area contributed by atoms with Crippen LogP contribution in [0.5, 0.6) is 0 Å². The van der Waals surface area contributed by atoms with Crippen molar-refractivity contribution in [2.75, 3.05) is 26.2 Å². The molecule has 0 aromatic heterocycles.